The highest BCUT2D eigenvalue weighted by molar-refractivity contribution is 6.06. The van der Waals surface area contributed by atoms with Crippen molar-refractivity contribution < 1.29 is 32.3 Å². The lowest BCUT2D eigenvalue weighted by molar-refractivity contribution is -0.136. The van der Waals surface area contributed by atoms with Crippen LogP contribution in [0.15, 0.2) is 42.5 Å². The first-order valence-corrected chi connectivity index (χ1v) is 11.3. The summed E-state index contributed by atoms with van der Waals surface area (Å²) in [6.45, 7) is 0.109. The Morgan fingerprint density at radius 1 is 1.09 bits per heavy atom. The molecule has 182 valence electrons. The Kier molecular flexibility index (Phi) is 5.61. The average Bonchev–Trinajstić information content (AvgIpc) is 3.12. The molecule has 0 bridgehead atoms. The molecule has 2 heterocycles. The van der Waals surface area contributed by atoms with Gasteiger partial charge in [0.15, 0.2) is 0 Å². The maximum Gasteiger partial charge on any atom is 0.255 e. The quantitative estimate of drug-likeness (QED) is 0.637. The number of fused-ring (bicyclic) bond motifs is 1. The van der Waals surface area contributed by atoms with Gasteiger partial charge in [-0.2, -0.15) is 0 Å². The van der Waals surface area contributed by atoms with Crippen LogP contribution in [0.25, 0.3) is 0 Å². The van der Waals surface area contributed by atoms with Gasteiger partial charge in [-0.3, -0.25) is 24.5 Å². The van der Waals surface area contributed by atoms with Crippen molar-refractivity contribution in [1.82, 2.24) is 15.5 Å². The van der Waals surface area contributed by atoms with Gasteiger partial charge in [0.1, 0.15) is 11.9 Å². The van der Waals surface area contributed by atoms with E-state index in [-0.39, 0.29) is 49.6 Å². The van der Waals surface area contributed by atoms with Gasteiger partial charge in [0.25, 0.3) is 11.8 Å². The number of alkyl halides is 2. The molecule has 1 saturated carbocycles. The van der Waals surface area contributed by atoms with Crippen molar-refractivity contribution in [2.24, 2.45) is 5.92 Å². The zero-order valence-electron chi connectivity index (χ0n) is 18.5. The lowest BCUT2D eigenvalue weighted by Gasteiger charge is -2.40. The van der Waals surface area contributed by atoms with Crippen LogP contribution in [-0.2, 0) is 16.1 Å². The number of halogens is 3. The van der Waals surface area contributed by atoms with Gasteiger partial charge in [-0.15, -0.1) is 0 Å². The summed E-state index contributed by atoms with van der Waals surface area (Å²) in [5.41, 5.74) is 1.68. The van der Waals surface area contributed by atoms with E-state index in [4.69, 9.17) is 0 Å². The van der Waals surface area contributed by atoms with E-state index in [2.05, 4.69) is 10.6 Å². The van der Waals surface area contributed by atoms with Crippen LogP contribution in [0, 0.1) is 11.7 Å². The van der Waals surface area contributed by atoms with Gasteiger partial charge in [0, 0.05) is 36.9 Å². The first-order valence-electron chi connectivity index (χ1n) is 11.3. The molecule has 2 atom stereocenters. The fourth-order valence-corrected chi connectivity index (χ4v) is 5.03. The molecule has 2 aliphatic heterocycles. The number of amides is 4. The first kappa shape index (κ1) is 23.1. The van der Waals surface area contributed by atoms with Gasteiger partial charge in [-0.1, -0.05) is 12.1 Å². The minimum absolute atomic E-state index is 0.109. The summed E-state index contributed by atoms with van der Waals surface area (Å²) < 4.78 is 40.5. The minimum atomic E-state index is -2.79. The second kappa shape index (κ2) is 8.51. The third-order valence-corrected chi connectivity index (χ3v) is 6.89. The van der Waals surface area contributed by atoms with E-state index in [0.29, 0.717) is 16.7 Å². The number of imide groups is 1. The summed E-state index contributed by atoms with van der Waals surface area (Å²) in [7, 11) is 0. The molecular weight excluding hydrogens is 463 g/mol. The van der Waals surface area contributed by atoms with Crippen LogP contribution in [0.4, 0.5) is 13.2 Å². The van der Waals surface area contributed by atoms with Gasteiger partial charge in [0.2, 0.25) is 17.7 Å². The number of hydrogen-bond donors (Lipinski definition) is 2. The molecule has 5 rings (SSSR count). The van der Waals surface area contributed by atoms with Crippen molar-refractivity contribution in [3.63, 3.8) is 0 Å². The maximum absolute atomic E-state index is 13.6. The normalized spacial score (nSPS) is 22.3. The number of carbonyl (C=O) groups is 4. The van der Waals surface area contributed by atoms with E-state index < -0.39 is 41.6 Å². The fourth-order valence-electron chi connectivity index (χ4n) is 5.03. The van der Waals surface area contributed by atoms with E-state index in [1.807, 2.05) is 0 Å². The molecule has 2 aromatic carbocycles. The smallest absolute Gasteiger partial charge is 0.255 e. The van der Waals surface area contributed by atoms with E-state index in [1.165, 1.54) is 41.3 Å². The molecule has 2 N–H and O–H groups in total. The molecule has 2 aromatic rings. The van der Waals surface area contributed by atoms with E-state index in [9.17, 15) is 32.3 Å². The van der Waals surface area contributed by atoms with Crippen LogP contribution in [-0.4, -0.2) is 40.5 Å². The summed E-state index contributed by atoms with van der Waals surface area (Å²) in [5, 5.41) is 5.04. The molecule has 1 saturated heterocycles. The third kappa shape index (κ3) is 4.40. The Bertz CT molecular complexity index is 1220. The van der Waals surface area contributed by atoms with Crippen molar-refractivity contribution in [3.05, 3.63) is 70.5 Å². The van der Waals surface area contributed by atoms with Crippen LogP contribution in [0.2, 0.25) is 0 Å². The Labute approximate surface area is 198 Å². The van der Waals surface area contributed by atoms with Gasteiger partial charge in [-0.05, 0) is 53.8 Å². The number of rotatable bonds is 5. The number of nitrogens with one attached hydrogen (secondary N) is 2. The molecule has 1 aliphatic carbocycles. The Morgan fingerprint density at radius 2 is 1.80 bits per heavy atom. The molecule has 2 fully saturated rings. The molecule has 35 heavy (non-hydrogen) atoms. The fraction of sp³-hybridized carbons (Fsp3) is 0.360. The lowest BCUT2D eigenvalue weighted by Crippen LogP contribution is -2.52. The van der Waals surface area contributed by atoms with Crippen LogP contribution in [0.3, 0.4) is 0 Å². The summed E-state index contributed by atoms with van der Waals surface area (Å²) >= 11 is 0. The Hall–Kier alpha value is -3.69. The first-order chi connectivity index (χ1) is 16.6. The van der Waals surface area contributed by atoms with Gasteiger partial charge in [0.05, 0.1) is 6.04 Å². The molecule has 10 heteroatoms. The van der Waals surface area contributed by atoms with Crippen molar-refractivity contribution in [3.8, 4) is 0 Å². The van der Waals surface area contributed by atoms with Gasteiger partial charge < -0.3 is 10.2 Å². The lowest BCUT2D eigenvalue weighted by atomic mass is 9.74. The highest BCUT2D eigenvalue weighted by atomic mass is 19.3. The Balaban J connectivity index is 1.34. The molecule has 3 aliphatic rings. The second-order valence-electron chi connectivity index (χ2n) is 9.30. The molecule has 0 radical (unpaired) electrons. The molecule has 7 nitrogen and oxygen atoms in total. The summed E-state index contributed by atoms with van der Waals surface area (Å²) in [5.74, 6) is -5.54. The monoisotopic (exact) mass is 485 g/mol. The van der Waals surface area contributed by atoms with Crippen LogP contribution >= 0.6 is 0 Å². The number of hydrogen-bond acceptors (Lipinski definition) is 4. The second-order valence-corrected chi connectivity index (χ2v) is 9.30. The molecule has 0 aromatic heterocycles. The number of carbonyl (C=O) groups excluding carboxylic acids is 4. The molecule has 1 unspecified atom stereocenters. The number of benzene rings is 2. The number of nitrogens with zero attached hydrogens (tertiary/aromatic N) is 1. The predicted octanol–water partition coefficient (Wildman–Crippen LogP) is 3.10. The van der Waals surface area contributed by atoms with E-state index in [0.717, 1.165) is 0 Å². The molecule has 4 amide bonds. The highest BCUT2D eigenvalue weighted by Crippen LogP contribution is 2.48. The predicted molar refractivity (Wildman–Crippen MR) is 117 cm³/mol. The summed E-state index contributed by atoms with van der Waals surface area (Å²) in [4.78, 5) is 51.0. The molecule has 0 spiro atoms. The summed E-state index contributed by atoms with van der Waals surface area (Å²) in [6, 6.07) is 8.40. The zero-order chi connectivity index (χ0) is 24.9. The van der Waals surface area contributed by atoms with Gasteiger partial charge in [-0.25, -0.2) is 13.2 Å². The third-order valence-electron chi connectivity index (χ3n) is 6.89. The highest BCUT2D eigenvalue weighted by Gasteiger charge is 2.49. The van der Waals surface area contributed by atoms with Crippen molar-refractivity contribution >= 4 is 23.6 Å². The topological polar surface area (TPSA) is 95.6 Å². The van der Waals surface area contributed by atoms with Gasteiger partial charge >= 0.3 is 0 Å². The molecular formula is C25H22F3N3O4. The zero-order valence-corrected chi connectivity index (χ0v) is 18.5. The standard InChI is InChI=1S/C25H22F3N3O4/c26-17-4-1-13(2-5-17)21(16-10-25(27,28)11-16)30-22(33)14-3-6-18-15(9-14)12-31(24(18)35)19-7-8-20(32)29-23(19)34/h1-6,9,16,19,21H,7-8,10-12H2,(H,30,33)(H,29,32,34)/t19?,21-/m1/s1. The number of piperidine rings is 1. The van der Waals surface area contributed by atoms with E-state index >= 15 is 0 Å². The van der Waals surface area contributed by atoms with Crippen LogP contribution < -0.4 is 10.6 Å². The van der Waals surface area contributed by atoms with Crippen LogP contribution in [0.1, 0.15) is 63.6 Å². The van der Waals surface area contributed by atoms with Crippen molar-refractivity contribution in [1.29, 1.82) is 0 Å². The minimum Gasteiger partial charge on any atom is -0.345 e. The maximum atomic E-state index is 13.6. The van der Waals surface area contributed by atoms with Crippen LogP contribution in [0.5, 0.6) is 0 Å². The SMILES string of the molecule is O=C1CCC(N2Cc3cc(C(=O)N[C@H](c4ccc(F)cc4)C4CC(F)(F)C4)ccc3C2=O)C(=O)N1. The van der Waals surface area contributed by atoms with Crippen molar-refractivity contribution in [2.45, 2.75) is 50.2 Å². The average molecular weight is 485 g/mol. The van der Waals surface area contributed by atoms with E-state index in [1.54, 1.807) is 6.07 Å². The summed E-state index contributed by atoms with van der Waals surface area (Å²) in [6.07, 6.45) is -0.401. The van der Waals surface area contributed by atoms with Crippen molar-refractivity contribution in [2.75, 3.05) is 0 Å². The largest absolute Gasteiger partial charge is 0.345 e. The Morgan fingerprint density at radius 3 is 2.46 bits per heavy atom.